The smallest absolute Gasteiger partial charge is 0.194 e. The minimum atomic E-state index is 0.199. The molecule has 1 saturated heterocycles. The van der Waals surface area contributed by atoms with E-state index in [1.165, 1.54) is 25.7 Å². The van der Waals surface area contributed by atoms with Gasteiger partial charge in [-0.1, -0.05) is 13.8 Å². The van der Waals surface area contributed by atoms with Crippen molar-refractivity contribution >= 4 is 5.96 Å². The number of hydrogen-bond acceptors (Lipinski definition) is 1. The van der Waals surface area contributed by atoms with Gasteiger partial charge in [-0.05, 0) is 57.8 Å². The first-order valence-corrected chi connectivity index (χ1v) is 8.38. The maximum Gasteiger partial charge on any atom is 0.194 e. The second kappa shape index (κ2) is 4.38. The molecule has 0 aromatic carbocycles. The average Bonchev–Trinajstić information content (AvgIpc) is 3.25. The summed E-state index contributed by atoms with van der Waals surface area (Å²) in [5.41, 5.74) is 1.17. The van der Waals surface area contributed by atoms with Crippen LogP contribution in [0.2, 0.25) is 0 Å². The lowest BCUT2D eigenvalue weighted by atomic mass is 9.65. The number of aliphatic imine (C=N–C) groups is 1. The summed E-state index contributed by atoms with van der Waals surface area (Å²) in [5, 5.41) is 3.51. The fourth-order valence-electron chi connectivity index (χ4n) is 3.58. The molecule has 114 valence electrons. The van der Waals surface area contributed by atoms with Crippen molar-refractivity contribution in [3.8, 4) is 0 Å². The molecule has 0 radical (unpaired) electrons. The summed E-state index contributed by atoms with van der Waals surface area (Å²) in [6, 6.07) is 0. The van der Waals surface area contributed by atoms with Crippen LogP contribution in [0.25, 0.3) is 0 Å². The highest BCUT2D eigenvalue weighted by atomic mass is 15.4. The zero-order valence-electron chi connectivity index (χ0n) is 13.9. The van der Waals surface area contributed by atoms with Gasteiger partial charge in [0.2, 0.25) is 0 Å². The van der Waals surface area contributed by atoms with Crippen LogP contribution in [0.5, 0.6) is 0 Å². The minimum Gasteiger partial charge on any atom is -0.356 e. The Hall–Kier alpha value is -0.730. The van der Waals surface area contributed by atoms with Gasteiger partial charge >= 0.3 is 0 Å². The molecule has 1 heterocycles. The molecule has 0 amide bonds. The van der Waals surface area contributed by atoms with E-state index in [9.17, 15) is 0 Å². The summed E-state index contributed by atoms with van der Waals surface area (Å²) in [6.45, 7) is 14.7. The van der Waals surface area contributed by atoms with Gasteiger partial charge in [0, 0.05) is 30.6 Å². The van der Waals surface area contributed by atoms with Crippen LogP contribution in [0.1, 0.15) is 60.3 Å². The van der Waals surface area contributed by atoms with Gasteiger partial charge in [0.05, 0.1) is 0 Å². The lowest BCUT2D eigenvalue weighted by molar-refractivity contribution is -0.0668. The molecular weight excluding hydrogens is 246 g/mol. The molecule has 0 aromatic rings. The van der Waals surface area contributed by atoms with Crippen LogP contribution in [0, 0.1) is 16.7 Å². The molecule has 3 heteroatoms. The predicted molar refractivity (Wildman–Crippen MR) is 84.9 cm³/mol. The van der Waals surface area contributed by atoms with E-state index in [1.807, 2.05) is 0 Å². The molecule has 2 saturated carbocycles. The molecule has 20 heavy (non-hydrogen) atoms. The molecular formula is C17H31N3. The second-order valence-corrected chi connectivity index (χ2v) is 8.34. The highest BCUT2D eigenvalue weighted by molar-refractivity contribution is 5.82. The minimum absolute atomic E-state index is 0.199. The van der Waals surface area contributed by atoms with Crippen LogP contribution in [0.15, 0.2) is 4.99 Å². The number of nitrogens with zero attached hydrogens (tertiary/aromatic N) is 2. The van der Waals surface area contributed by atoms with Gasteiger partial charge in [0.25, 0.3) is 0 Å². The first kappa shape index (κ1) is 14.2. The van der Waals surface area contributed by atoms with E-state index in [0.29, 0.717) is 10.8 Å². The first-order chi connectivity index (χ1) is 9.32. The van der Waals surface area contributed by atoms with Gasteiger partial charge in [-0.2, -0.15) is 0 Å². The predicted octanol–water partition coefficient (Wildman–Crippen LogP) is 3.26. The monoisotopic (exact) mass is 277 g/mol. The summed E-state index contributed by atoms with van der Waals surface area (Å²) in [7, 11) is 0. The molecule has 2 aliphatic carbocycles. The van der Waals surface area contributed by atoms with Crippen LogP contribution < -0.4 is 5.32 Å². The number of hydrogen-bond donors (Lipinski definition) is 1. The highest BCUT2D eigenvalue weighted by Gasteiger charge is 2.55. The van der Waals surface area contributed by atoms with Crippen molar-refractivity contribution in [2.45, 2.75) is 65.8 Å². The Morgan fingerprint density at radius 3 is 2.25 bits per heavy atom. The van der Waals surface area contributed by atoms with E-state index in [-0.39, 0.29) is 5.54 Å². The SMILES string of the molecule is CCNC(=NCC1(C2CC2)CC1)N1CC(C)(C)C1(C)C. The fourth-order valence-corrected chi connectivity index (χ4v) is 3.58. The van der Waals surface area contributed by atoms with Gasteiger partial charge in [-0.15, -0.1) is 0 Å². The lowest BCUT2D eigenvalue weighted by Gasteiger charge is -2.62. The maximum absolute atomic E-state index is 5.02. The van der Waals surface area contributed by atoms with Gasteiger partial charge in [-0.25, -0.2) is 0 Å². The topological polar surface area (TPSA) is 27.6 Å². The Labute approximate surface area is 124 Å². The van der Waals surface area contributed by atoms with E-state index in [4.69, 9.17) is 4.99 Å². The van der Waals surface area contributed by atoms with Gasteiger partial charge in [-0.3, -0.25) is 4.99 Å². The van der Waals surface area contributed by atoms with Crippen LogP contribution in [0.3, 0.4) is 0 Å². The number of likely N-dealkylation sites (tertiary alicyclic amines) is 1. The number of rotatable bonds is 4. The molecule has 3 nitrogen and oxygen atoms in total. The Balaban J connectivity index is 1.70. The molecule has 0 unspecified atom stereocenters. The summed E-state index contributed by atoms with van der Waals surface area (Å²) < 4.78 is 0. The zero-order chi connectivity index (χ0) is 14.6. The Morgan fingerprint density at radius 2 is 1.85 bits per heavy atom. The van der Waals surface area contributed by atoms with E-state index < -0.39 is 0 Å². The molecule has 3 rings (SSSR count). The zero-order valence-corrected chi connectivity index (χ0v) is 13.9. The van der Waals surface area contributed by atoms with Crippen LogP contribution in [0.4, 0.5) is 0 Å². The maximum atomic E-state index is 5.02. The van der Waals surface area contributed by atoms with Crippen molar-refractivity contribution in [3.63, 3.8) is 0 Å². The Kier molecular flexibility index (Phi) is 3.11. The van der Waals surface area contributed by atoms with E-state index in [1.54, 1.807) is 0 Å². The van der Waals surface area contributed by atoms with Gasteiger partial charge < -0.3 is 10.2 Å². The summed E-state index contributed by atoms with van der Waals surface area (Å²) >= 11 is 0. The fraction of sp³-hybridized carbons (Fsp3) is 0.941. The molecule has 0 atom stereocenters. The Bertz CT molecular complexity index is 414. The molecule has 0 aromatic heterocycles. The average molecular weight is 277 g/mol. The van der Waals surface area contributed by atoms with E-state index in [2.05, 4.69) is 44.8 Å². The third-order valence-electron chi connectivity index (χ3n) is 6.35. The molecule has 3 aliphatic rings. The van der Waals surface area contributed by atoms with Crippen molar-refractivity contribution in [2.75, 3.05) is 19.6 Å². The third-order valence-corrected chi connectivity index (χ3v) is 6.35. The van der Waals surface area contributed by atoms with E-state index in [0.717, 1.165) is 31.5 Å². The largest absolute Gasteiger partial charge is 0.356 e. The van der Waals surface area contributed by atoms with Crippen LogP contribution >= 0.6 is 0 Å². The quantitative estimate of drug-likeness (QED) is 0.631. The highest BCUT2D eigenvalue weighted by Crippen LogP contribution is 2.61. The van der Waals surface area contributed by atoms with Gasteiger partial charge in [0.1, 0.15) is 0 Å². The lowest BCUT2D eigenvalue weighted by Crippen LogP contribution is -2.72. The van der Waals surface area contributed by atoms with Crippen LogP contribution in [-0.4, -0.2) is 36.0 Å². The Morgan fingerprint density at radius 1 is 1.20 bits per heavy atom. The van der Waals surface area contributed by atoms with Crippen molar-refractivity contribution in [1.29, 1.82) is 0 Å². The molecule has 3 fully saturated rings. The summed E-state index contributed by atoms with van der Waals surface area (Å²) in [4.78, 5) is 7.50. The van der Waals surface area contributed by atoms with E-state index >= 15 is 0 Å². The standard InChI is InChI=1S/C17H31N3/c1-6-18-14(20-12-15(2,3)16(20,4)5)19-11-17(9-10-17)13-7-8-13/h13H,6-12H2,1-5H3,(H,18,19). The van der Waals surface area contributed by atoms with Crippen molar-refractivity contribution in [3.05, 3.63) is 0 Å². The summed E-state index contributed by atoms with van der Waals surface area (Å²) in [6.07, 6.45) is 5.73. The van der Waals surface area contributed by atoms with Crippen LogP contribution in [-0.2, 0) is 0 Å². The second-order valence-electron chi connectivity index (χ2n) is 8.34. The summed E-state index contributed by atoms with van der Waals surface area (Å²) in [5.74, 6) is 2.14. The molecule has 1 aliphatic heterocycles. The first-order valence-electron chi connectivity index (χ1n) is 8.38. The van der Waals surface area contributed by atoms with Crippen molar-refractivity contribution < 1.29 is 0 Å². The molecule has 1 N–H and O–H groups in total. The molecule has 0 bridgehead atoms. The number of nitrogens with one attached hydrogen (secondary N) is 1. The van der Waals surface area contributed by atoms with Crippen molar-refractivity contribution in [1.82, 2.24) is 10.2 Å². The van der Waals surface area contributed by atoms with Gasteiger partial charge in [0.15, 0.2) is 5.96 Å². The third kappa shape index (κ3) is 2.14. The number of guanidine groups is 1. The normalized spacial score (nSPS) is 29.9. The van der Waals surface area contributed by atoms with Crippen molar-refractivity contribution in [2.24, 2.45) is 21.7 Å². The molecule has 0 spiro atoms.